The van der Waals surface area contributed by atoms with E-state index in [0.717, 1.165) is 11.8 Å². The monoisotopic (exact) mass is 342 g/mol. The van der Waals surface area contributed by atoms with Crippen molar-refractivity contribution < 1.29 is 15.0 Å². The number of aliphatic hydroxyl groups excluding tert-OH is 2. The van der Waals surface area contributed by atoms with Gasteiger partial charge in [-0.05, 0) is 18.6 Å². The van der Waals surface area contributed by atoms with Gasteiger partial charge in [0.05, 0.1) is 16.1 Å². The third-order valence-corrected chi connectivity index (χ3v) is 4.34. The van der Waals surface area contributed by atoms with Gasteiger partial charge in [-0.2, -0.15) is 0 Å². The topological polar surface area (TPSA) is 57.5 Å². The van der Waals surface area contributed by atoms with Gasteiger partial charge in [0.25, 0.3) is 0 Å². The van der Waals surface area contributed by atoms with E-state index in [9.17, 15) is 15.0 Å². The highest BCUT2D eigenvalue weighted by atomic mass is 35.5. The normalized spacial score (nSPS) is 14.2. The average molecular weight is 344 g/mol. The maximum absolute atomic E-state index is 10.8. The van der Waals surface area contributed by atoms with Gasteiger partial charge in [0.2, 0.25) is 0 Å². The molecule has 1 aromatic rings. The Morgan fingerprint density at radius 1 is 1.21 bits per heavy atom. The van der Waals surface area contributed by atoms with Crippen LogP contribution in [0.4, 0.5) is 0 Å². The average Bonchev–Trinajstić information content (AvgIpc) is 2.32. The molecule has 0 saturated carbocycles. The molecule has 0 amide bonds. The van der Waals surface area contributed by atoms with Gasteiger partial charge in [-0.1, -0.05) is 46.6 Å². The highest BCUT2D eigenvalue weighted by Gasteiger charge is 2.22. The van der Waals surface area contributed by atoms with E-state index in [4.69, 9.17) is 34.8 Å². The molecule has 0 fully saturated rings. The first-order valence-electron chi connectivity index (χ1n) is 5.47. The quantitative estimate of drug-likeness (QED) is 0.800. The molecule has 0 heterocycles. The highest BCUT2D eigenvalue weighted by Crippen LogP contribution is 2.34. The molecule has 1 rings (SSSR count). The summed E-state index contributed by atoms with van der Waals surface area (Å²) in [7, 11) is 0. The molecule has 2 atom stereocenters. The van der Waals surface area contributed by atoms with Crippen molar-refractivity contribution in [3.05, 3.63) is 32.8 Å². The molecular formula is C12H13Cl3O3S. The lowest BCUT2D eigenvalue weighted by Gasteiger charge is -2.19. The second-order valence-electron chi connectivity index (χ2n) is 3.93. The third-order valence-electron chi connectivity index (χ3n) is 2.44. The van der Waals surface area contributed by atoms with Gasteiger partial charge in [0, 0.05) is 23.3 Å². The van der Waals surface area contributed by atoms with E-state index >= 15 is 0 Å². The first-order chi connectivity index (χ1) is 8.82. The van der Waals surface area contributed by atoms with Crippen LogP contribution in [0.1, 0.15) is 25.0 Å². The Kier molecular flexibility index (Phi) is 6.94. The second kappa shape index (κ2) is 7.72. The van der Waals surface area contributed by atoms with E-state index in [1.165, 1.54) is 19.1 Å². The Morgan fingerprint density at radius 2 is 1.79 bits per heavy atom. The van der Waals surface area contributed by atoms with Gasteiger partial charge in [0.15, 0.2) is 5.12 Å². The molecule has 3 nitrogen and oxygen atoms in total. The summed E-state index contributed by atoms with van der Waals surface area (Å²) >= 11 is 18.7. The minimum Gasteiger partial charge on any atom is -0.390 e. The highest BCUT2D eigenvalue weighted by molar-refractivity contribution is 8.13. The zero-order valence-corrected chi connectivity index (χ0v) is 13.2. The Labute approximate surface area is 130 Å². The van der Waals surface area contributed by atoms with Crippen LogP contribution >= 0.6 is 46.6 Å². The number of aliphatic hydroxyl groups is 2. The fourth-order valence-electron chi connectivity index (χ4n) is 1.45. The number of hydrogen-bond acceptors (Lipinski definition) is 4. The van der Waals surface area contributed by atoms with Crippen molar-refractivity contribution >= 4 is 51.7 Å². The summed E-state index contributed by atoms with van der Waals surface area (Å²) in [5.74, 6) is 0.423. The molecule has 0 aliphatic carbocycles. The maximum Gasteiger partial charge on any atom is 0.185 e. The first-order valence-corrected chi connectivity index (χ1v) is 7.58. The molecule has 0 aliphatic rings. The molecule has 2 unspecified atom stereocenters. The SMILES string of the molecule is CC(=O)SCCC(O)C(O)c1cc(Cl)c(Cl)cc1Cl. The van der Waals surface area contributed by atoms with Gasteiger partial charge < -0.3 is 10.2 Å². The second-order valence-corrected chi connectivity index (χ2v) is 6.42. The Hall–Kier alpha value is 0.0300. The predicted molar refractivity (Wildman–Crippen MR) is 80.2 cm³/mol. The summed E-state index contributed by atoms with van der Waals surface area (Å²) in [6.07, 6.45) is -1.93. The van der Waals surface area contributed by atoms with E-state index in [-0.39, 0.29) is 26.6 Å². The minimum absolute atomic E-state index is 0.0331. The van der Waals surface area contributed by atoms with Crippen LogP contribution in [-0.4, -0.2) is 27.2 Å². The summed E-state index contributed by atoms with van der Waals surface area (Å²) in [4.78, 5) is 10.8. The molecule has 0 spiro atoms. The number of hydrogen-bond donors (Lipinski definition) is 2. The molecule has 0 saturated heterocycles. The van der Waals surface area contributed by atoms with Crippen molar-refractivity contribution in [2.45, 2.75) is 25.6 Å². The fourth-order valence-corrected chi connectivity index (χ4v) is 2.77. The van der Waals surface area contributed by atoms with E-state index in [1.807, 2.05) is 0 Å². The fraction of sp³-hybridized carbons (Fsp3) is 0.417. The molecule has 7 heteroatoms. The standard InChI is InChI=1S/C12H13Cl3O3S/c1-6(16)19-3-2-11(17)12(18)7-4-9(14)10(15)5-8(7)13/h4-5,11-12,17-18H,2-3H2,1H3. The van der Waals surface area contributed by atoms with Crippen molar-refractivity contribution in [2.24, 2.45) is 0 Å². The molecule has 0 aromatic heterocycles. The smallest absolute Gasteiger partial charge is 0.185 e. The van der Waals surface area contributed by atoms with Gasteiger partial charge >= 0.3 is 0 Å². The van der Waals surface area contributed by atoms with Crippen molar-refractivity contribution in [3.63, 3.8) is 0 Å². The zero-order chi connectivity index (χ0) is 14.6. The van der Waals surface area contributed by atoms with Crippen molar-refractivity contribution in [1.82, 2.24) is 0 Å². The molecule has 1 aromatic carbocycles. The molecule has 0 radical (unpaired) electrons. The maximum atomic E-state index is 10.8. The summed E-state index contributed by atoms with van der Waals surface area (Å²) in [6, 6.07) is 2.85. The molecule has 106 valence electrons. The van der Waals surface area contributed by atoms with E-state index in [2.05, 4.69) is 0 Å². The number of thioether (sulfide) groups is 1. The van der Waals surface area contributed by atoms with Gasteiger partial charge in [0.1, 0.15) is 6.10 Å². The predicted octanol–water partition coefficient (Wildman–Crippen LogP) is 3.71. The molecule has 0 bridgehead atoms. The lowest BCUT2D eigenvalue weighted by Crippen LogP contribution is -2.19. The third kappa shape index (κ3) is 5.14. The largest absolute Gasteiger partial charge is 0.390 e. The minimum atomic E-state index is -1.17. The zero-order valence-electron chi connectivity index (χ0n) is 10.1. The number of carbonyl (C=O) groups is 1. The summed E-state index contributed by atoms with van der Waals surface area (Å²) in [6.45, 7) is 1.45. The Bertz CT molecular complexity index is 468. The Morgan fingerprint density at radius 3 is 2.37 bits per heavy atom. The van der Waals surface area contributed by atoms with Crippen LogP contribution in [0.2, 0.25) is 15.1 Å². The lowest BCUT2D eigenvalue weighted by atomic mass is 10.0. The van der Waals surface area contributed by atoms with Crippen molar-refractivity contribution in [3.8, 4) is 0 Å². The summed E-state index contributed by atoms with van der Waals surface area (Å²) in [5.41, 5.74) is 0.316. The van der Waals surface area contributed by atoms with Crippen molar-refractivity contribution in [2.75, 3.05) is 5.75 Å². The van der Waals surface area contributed by atoms with Crippen LogP contribution in [-0.2, 0) is 4.79 Å². The van der Waals surface area contributed by atoms with Crippen LogP contribution < -0.4 is 0 Å². The lowest BCUT2D eigenvalue weighted by molar-refractivity contribution is -0.109. The van der Waals surface area contributed by atoms with Crippen molar-refractivity contribution in [1.29, 1.82) is 0 Å². The van der Waals surface area contributed by atoms with E-state index in [0.29, 0.717) is 11.3 Å². The van der Waals surface area contributed by atoms with E-state index in [1.54, 1.807) is 0 Å². The number of benzene rings is 1. The van der Waals surface area contributed by atoms with Crippen LogP contribution in [0, 0.1) is 0 Å². The summed E-state index contributed by atoms with van der Waals surface area (Å²) in [5, 5.41) is 20.6. The van der Waals surface area contributed by atoms with E-state index < -0.39 is 12.2 Å². The first kappa shape index (κ1) is 17.1. The van der Waals surface area contributed by atoms with Crippen LogP contribution in [0.25, 0.3) is 0 Å². The summed E-state index contributed by atoms with van der Waals surface area (Å²) < 4.78 is 0. The van der Waals surface area contributed by atoms with Gasteiger partial charge in [-0.3, -0.25) is 4.79 Å². The van der Waals surface area contributed by atoms with Gasteiger partial charge in [-0.15, -0.1) is 0 Å². The van der Waals surface area contributed by atoms with Crippen LogP contribution in [0.5, 0.6) is 0 Å². The van der Waals surface area contributed by atoms with Gasteiger partial charge in [-0.25, -0.2) is 0 Å². The number of halogens is 3. The number of carbonyl (C=O) groups excluding carboxylic acids is 1. The molecule has 0 aliphatic heterocycles. The van der Waals surface area contributed by atoms with Crippen LogP contribution in [0.3, 0.4) is 0 Å². The number of rotatable bonds is 5. The van der Waals surface area contributed by atoms with Crippen LogP contribution in [0.15, 0.2) is 12.1 Å². The molecule has 2 N–H and O–H groups in total. The molecular weight excluding hydrogens is 331 g/mol. The Balaban J connectivity index is 2.73. The molecule has 19 heavy (non-hydrogen) atoms.